The first-order valence-electron chi connectivity index (χ1n) is 34.1. The second kappa shape index (κ2) is 64.9. The normalized spacial score (nSPS) is 12.6. The van der Waals surface area contributed by atoms with Crippen molar-refractivity contribution in [1.82, 2.24) is 5.32 Å². The first-order valence-corrected chi connectivity index (χ1v) is 34.1. The molecule has 0 saturated carbocycles. The maximum atomic E-state index is 12.5. The Morgan fingerprint density at radius 3 is 0.960 bits per heavy atom. The van der Waals surface area contributed by atoms with E-state index >= 15 is 0 Å². The van der Waals surface area contributed by atoms with E-state index < -0.39 is 12.1 Å². The Bertz CT molecular complexity index is 1170. The van der Waals surface area contributed by atoms with Gasteiger partial charge < -0.3 is 20.3 Å². The van der Waals surface area contributed by atoms with Gasteiger partial charge in [-0.3, -0.25) is 9.59 Å². The Balaban J connectivity index is 3.39. The molecule has 0 spiro atoms. The van der Waals surface area contributed by atoms with Crippen LogP contribution in [0.25, 0.3) is 0 Å². The van der Waals surface area contributed by atoms with Gasteiger partial charge in [0.25, 0.3) is 0 Å². The van der Waals surface area contributed by atoms with Gasteiger partial charge in [0.2, 0.25) is 5.91 Å². The third-order valence-corrected chi connectivity index (χ3v) is 16.0. The summed E-state index contributed by atoms with van der Waals surface area (Å²) in [5.41, 5.74) is 0. The summed E-state index contributed by atoms with van der Waals surface area (Å²) in [5.74, 6) is -0.0275. The van der Waals surface area contributed by atoms with Crippen LogP contribution in [0.1, 0.15) is 380 Å². The summed E-state index contributed by atoms with van der Waals surface area (Å²) in [5, 5.41) is 23.4. The Morgan fingerprint density at radius 1 is 0.360 bits per heavy atom. The van der Waals surface area contributed by atoms with Crippen molar-refractivity contribution in [1.29, 1.82) is 0 Å². The molecule has 3 N–H and O–H groups in total. The van der Waals surface area contributed by atoms with E-state index in [0.29, 0.717) is 25.9 Å². The van der Waals surface area contributed by atoms with E-state index in [2.05, 4.69) is 43.5 Å². The first-order chi connectivity index (χ1) is 37.0. The minimum atomic E-state index is -0.666. The summed E-state index contributed by atoms with van der Waals surface area (Å²) in [4.78, 5) is 24.6. The van der Waals surface area contributed by atoms with Crippen LogP contribution < -0.4 is 5.32 Å². The quantitative estimate of drug-likeness (QED) is 0.0320. The predicted molar refractivity (Wildman–Crippen MR) is 329 cm³/mol. The van der Waals surface area contributed by atoms with Gasteiger partial charge in [0, 0.05) is 12.8 Å². The number of aliphatic hydroxyl groups excluding tert-OH is 2. The number of unbranched alkanes of at least 4 members (excludes halogenated alkanes) is 49. The van der Waals surface area contributed by atoms with Crippen molar-refractivity contribution >= 4 is 11.9 Å². The Labute approximate surface area is 469 Å². The fraction of sp³-hybridized carbons (Fsp3) is 0.913. The highest BCUT2D eigenvalue weighted by molar-refractivity contribution is 5.76. The van der Waals surface area contributed by atoms with Gasteiger partial charge in [-0.05, 0) is 77.0 Å². The van der Waals surface area contributed by atoms with E-state index in [1.54, 1.807) is 0 Å². The molecule has 2 unspecified atom stereocenters. The number of ether oxygens (including phenoxy) is 1. The molecule has 6 heteroatoms. The lowest BCUT2D eigenvalue weighted by Crippen LogP contribution is -2.45. The first kappa shape index (κ1) is 73.3. The Morgan fingerprint density at radius 2 is 0.627 bits per heavy atom. The smallest absolute Gasteiger partial charge is 0.305 e. The number of rotatable bonds is 64. The molecule has 0 aliphatic rings. The summed E-state index contributed by atoms with van der Waals surface area (Å²) < 4.78 is 5.48. The van der Waals surface area contributed by atoms with Gasteiger partial charge >= 0.3 is 5.97 Å². The molecular weight excluding hydrogens is 923 g/mol. The number of hydrogen-bond donors (Lipinski definition) is 3. The molecule has 0 rings (SSSR count). The third-order valence-electron chi connectivity index (χ3n) is 16.0. The zero-order valence-electron chi connectivity index (χ0n) is 50.8. The summed E-state index contributed by atoms with van der Waals surface area (Å²) in [6.07, 6.45) is 80.7. The lowest BCUT2D eigenvalue weighted by Gasteiger charge is -2.22. The standard InChI is InChI=1S/C69H133NO5/c1-3-5-7-9-11-13-15-17-18-19-28-31-34-38-41-45-49-53-57-61-67(72)66(65-71)70-68(73)62-58-54-50-46-42-39-35-32-29-26-24-22-20-21-23-25-27-30-33-36-40-44-48-52-56-60-64-75-69(74)63-59-55-51-47-43-37-16-14-12-10-8-6-4-2/h14,16,20,22,66-67,71-72H,3-13,15,17-19,21,23-65H2,1-2H3,(H,70,73)/b16-14-,22-20-. The molecule has 0 saturated heterocycles. The molecule has 0 aromatic heterocycles. The minimum absolute atomic E-state index is 0.00565. The van der Waals surface area contributed by atoms with Gasteiger partial charge in [0.1, 0.15) is 0 Å². The number of carbonyl (C=O) groups excluding carboxylic acids is 2. The van der Waals surface area contributed by atoms with E-state index in [-0.39, 0.29) is 18.5 Å². The van der Waals surface area contributed by atoms with Crippen LogP contribution in [0, 0.1) is 0 Å². The van der Waals surface area contributed by atoms with Crippen molar-refractivity contribution in [2.75, 3.05) is 13.2 Å². The summed E-state index contributed by atoms with van der Waals surface area (Å²) in [6, 6.07) is -0.543. The zero-order chi connectivity index (χ0) is 54.3. The van der Waals surface area contributed by atoms with Gasteiger partial charge in [0.15, 0.2) is 0 Å². The SMILES string of the molecule is CCCCCC/C=C\CCCCCCCC(=O)OCCCCCCCCCCCCCC/C=C\CCCCCCCCCCCCC(=O)NC(CO)C(O)CCCCCCCCCCCCCCCCCCCCC. The highest BCUT2D eigenvalue weighted by atomic mass is 16.5. The monoisotopic (exact) mass is 1060 g/mol. The van der Waals surface area contributed by atoms with Crippen LogP contribution in [0.2, 0.25) is 0 Å². The molecular formula is C69H133NO5. The van der Waals surface area contributed by atoms with E-state index in [0.717, 1.165) is 44.9 Å². The van der Waals surface area contributed by atoms with E-state index in [1.165, 1.54) is 302 Å². The summed E-state index contributed by atoms with van der Waals surface area (Å²) in [6.45, 7) is 4.97. The molecule has 0 aromatic rings. The van der Waals surface area contributed by atoms with Gasteiger partial charge in [-0.2, -0.15) is 0 Å². The molecule has 0 aliphatic heterocycles. The maximum Gasteiger partial charge on any atom is 0.305 e. The topological polar surface area (TPSA) is 95.9 Å². The number of hydrogen-bond acceptors (Lipinski definition) is 5. The number of aliphatic hydroxyl groups is 2. The predicted octanol–water partition coefficient (Wildman–Crippen LogP) is 21.8. The van der Waals surface area contributed by atoms with Crippen molar-refractivity contribution in [2.24, 2.45) is 0 Å². The molecule has 75 heavy (non-hydrogen) atoms. The van der Waals surface area contributed by atoms with E-state index in [9.17, 15) is 19.8 Å². The molecule has 2 atom stereocenters. The zero-order valence-corrected chi connectivity index (χ0v) is 50.8. The number of allylic oxidation sites excluding steroid dienone is 4. The second-order valence-corrected chi connectivity index (χ2v) is 23.5. The van der Waals surface area contributed by atoms with Gasteiger partial charge in [-0.15, -0.1) is 0 Å². The molecule has 6 nitrogen and oxygen atoms in total. The average Bonchev–Trinajstić information content (AvgIpc) is 3.41. The molecule has 0 aliphatic carbocycles. The summed E-state index contributed by atoms with van der Waals surface area (Å²) in [7, 11) is 0. The van der Waals surface area contributed by atoms with Crippen molar-refractivity contribution in [2.45, 2.75) is 392 Å². The molecule has 444 valence electrons. The third kappa shape index (κ3) is 61.4. The van der Waals surface area contributed by atoms with E-state index in [1.807, 2.05) is 0 Å². The highest BCUT2D eigenvalue weighted by Gasteiger charge is 2.20. The lowest BCUT2D eigenvalue weighted by molar-refractivity contribution is -0.143. The van der Waals surface area contributed by atoms with Crippen LogP contribution in [0.15, 0.2) is 24.3 Å². The lowest BCUT2D eigenvalue weighted by atomic mass is 10.0. The van der Waals surface area contributed by atoms with Crippen LogP contribution >= 0.6 is 0 Å². The number of esters is 1. The van der Waals surface area contributed by atoms with Crippen LogP contribution in [0.5, 0.6) is 0 Å². The molecule has 0 radical (unpaired) electrons. The van der Waals surface area contributed by atoms with Crippen LogP contribution in [-0.4, -0.2) is 47.4 Å². The molecule has 1 amide bonds. The van der Waals surface area contributed by atoms with Crippen LogP contribution in [-0.2, 0) is 14.3 Å². The fourth-order valence-corrected chi connectivity index (χ4v) is 10.7. The Hall–Kier alpha value is -1.66. The molecule has 0 fully saturated rings. The number of carbonyl (C=O) groups is 2. The van der Waals surface area contributed by atoms with Crippen LogP contribution in [0.4, 0.5) is 0 Å². The fourth-order valence-electron chi connectivity index (χ4n) is 10.7. The summed E-state index contributed by atoms with van der Waals surface area (Å²) >= 11 is 0. The number of amides is 1. The Kier molecular flexibility index (Phi) is 63.4. The van der Waals surface area contributed by atoms with Gasteiger partial charge in [-0.1, -0.05) is 314 Å². The molecule has 0 heterocycles. The molecule has 0 bridgehead atoms. The van der Waals surface area contributed by atoms with Crippen molar-refractivity contribution in [3.63, 3.8) is 0 Å². The highest BCUT2D eigenvalue weighted by Crippen LogP contribution is 2.18. The van der Waals surface area contributed by atoms with Gasteiger partial charge in [0.05, 0.1) is 25.4 Å². The second-order valence-electron chi connectivity index (χ2n) is 23.5. The van der Waals surface area contributed by atoms with Crippen molar-refractivity contribution in [3.05, 3.63) is 24.3 Å². The maximum absolute atomic E-state index is 12.5. The number of nitrogens with one attached hydrogen (secondary N) is 1. The average molecular weight is 1060 g/mol. The van der Waals surface area contributed by atoms with Gasteiger partial charge in [-0.25, -0.2) is 0 Å². The van der Waals surface area contributed by atoms with Crippen molar-refractivity contribution in [3.8, 4) is 0 Å². The largest absolute Gasteiger partial charge is 0.466 e. The van der Waals surface area contributed by atoms with Crippen molar-refractivity contribution < 1.29 is 24.5 Å². The van der Waals surface area contributed by atoms with E-state index in [4.69, 9.17) is 4.74 Å². The molecule has 0 aromatic carbocycles. The minimum Gasteiger partial charge on any atom is -0.466 e. The van der Waals surface area contributed by atoms with Crippen LogP contribution in [0.3, 0.4) is 0 Å².